The predicted molar refractivity (Wildman–Crippen MR) is 243 cm³/mol. The van der Waals surface area contributed by atoms with Gasteiger partial charge in [0.15, 0.2) is 0 Å². The van der Waals surface area contributed by atoms with Crippen molar-refractivity contribution in [1.29, 1.82) is 0 Å². The van der Waals surface area contributed by atoms with Crippen molar-refractivity contribution < 1.29 is 0 Å². The Labute approximate surface area is 339 Å². The Morgan fingerprint density at radius 2 is 0.776 bits per heavy atom. The number of nitrogens with zero attached hydrogens (tertiary/aromatic N) is 2. The van der Waals surface area contributed by atoms with Crippen LogP contribution in [0, 0.1) is 0 Å². The predicted octanol–water partition coefficient (Wildman–Crippen LogP) is 14.8. The molecular weight excluding hydrogens is 701 g/mol. The SMILES string of the molecule is CC1(C)c2cc(-c3ccccc3)c(-c3ccc(-c4ccccn4)cc3)cc2-c2cc(-c3ccccc3)c(-c3ccc(-n4c5ccccc5c5ccccc54)cc3)cc21. The van der Waals surface area contributed by atoms with E-state index in [1.807, 2.05) is 18.3 Å². The van der Waals surface area contributed by atoms with E-state index in [-0.39, 0.29) is 5.41 Å². The molecule has 0 amide bonds. The van der Waals surface area contributed by atoms with Crippen LogP contribution >= 0.6 is 0 Å². The van der Waals surface area contributed by atoms with Gasteiger partial charge < -0.3 is 4.57 Å². The van der Waals surface area contributed by atoms with E-state index in [1.54, 1.807) is 0 Å². The van der Waals surface area contributed by atoms with Gasteiger partial charge in [-0.05, 0) is 127 Å². The van der Waals surface area contributed by atoms with Crippen LogP contribution in [0.1, 0.15) is 25.0 Å². The third kappa shape index (κ3) is 5.44. The lowest BCUT2D eigenvalue weighted by atomic mass is 9.79. The van der Waals surface area contributed by atoms with Gasteiger partial charge in [-0.25, -0.2) is 0 Å². The van der Waals surface area contributed by atoms with Crippen molar-refractivity contribution in [3.63, 3.8) is 0 Å². The minimum atomic E-state index is -0.220. The molecule has 2 aromatic heterocycles. The Balaban J connectivity index is 1.08. The highest BCUT2D eigenvalue weighted by Crippen LogP contribution is 2.54. The van der Waals surface area contributed by atoms with Gasteiger partial charge in [-0.15, -0.1) is 0 Å². The number of hydrogen-bond donors (Lipinski definition) is 0. The van der Waals surface area contributed by atoms with Crippen LogP contribution in [-0.4, -0.2) is 9.55 Å². The molecule has 1 aliphatic carbocycles. The maximum absolute atomic E-state index is 4.60. The van der Waals surface area contributed by atoms with Crippen molar-refractivity contribution in [2.24, 2.45) is 0 Å². The van der Waals surface area contributed by atoms with Gasteiger partial charge >= 0.3 is 0 Å². The molecule has 0 saturated heterocycles. The summed E-state index contributed by atoms with van der Waals surface area (Å²) in [5.41, 5.74) is 20.6. The van der Waals surface area contributed by atoms with Crippen LogP contribution in [-0.2, 0) is 5.41 Å². The molecule has 2 heteroatoms. The summed E-state index contributed by atoms with van der Waals surface area (Å²) in [5.74, 6) is 0. The Bertz CT molecular complexity index is 3090. The molecule has 0 atom stereocenters. The topological polar surface area (TPSA) is 17.8 Å². The second kappa shape index (κ2) is 13.4. The minimum absolute atomic E-state index is 0.220. The lowest BCUT2D eigenvalue weighted by Crippen LogP contribution is -2.15. The molecule has 0 fully saturated rings. The maximum Gasteiger partial charge on any atom is 0.0701 e. The smallest absolute Gasteiger partial charge is 0.0701 e. The first kappa shape index (κ1) is 34.0. The Kier molecular flexibility index (Phi) is 7.87. The second-order valence-electron chi connectivity index (χ2n) is 16.0. The van der Waals surface area contributed by atoms with Crippen LogP contribution in [0.25, 0.3) is 94.4 Å². The monoisotopic (exact) mass is 740 g/mol. The molecule has 58 heavy (non-hydrogen) atoms. The number of pyridine rings is 1. The van der Waals surface area contributed by atoms with Gasteiger partial charge in [0, 0.05) is 33.6 Å². The summed E-state index contributed by atoms with van der Waals surface area (Å²) in [6, 6.07) is 73.2. The lowest BCUT2D eigenvalue weighted by molar-refractivity contribution is 0.661. The van der Waals surface area contributed by atoms with Crippen LogP contribution < -0.4 is 0 Å². The molecule has 0 spiro atoms. The molecule has 11 rings (SSSR count). The van der Waals surface area contributed by atoms with Gasteiger partial charge in [-0.1, -0.05) is 153 Å². The van der Waals surface area contributed by atoms with Gasteiger partial charge in [0.05, 0.1) is 16.7 Å². The van der Waals surface area contributed by atoms with Crippen molar-refractivity contribution in [2.45, 2.75) is 19.3 Å². The molecule has 0 N–H and O–H groups in total. The second-order valence-corrected chi connectivity index (χ2v) is 16.0. The van der Waals surface area contributed by atoms with Crippen LogP contribution in [0.5, 0.6) is 0 Å². The molecule has 1 aliphatic rings. The van der Waals surface area contributed by atoms with E-state index < -0.39 is 0 Å². The van der Waals surface area contributed by atoms with Crippen molar-refractivity contribution in [2.75, 3.05) is 0 Å². The van der Waals surface area contributed by atoms with Crippen LogP contribution in [0.3, 0.4) is 0 Å². The summed E-state index contributed by atoms with van der Waals surface area (Å²) in [5, 5.41) is 2.54. The molecule has 0 aliphatic heterocycles. The van der Waals surface area contributed by atoms with E-state index in [0.29, 0.717) is 0 Å². The maximum atomic E-state index is 4.60. The van der Waals surface area contributed by atoms with Gasteiger partial charge in [0.1, 0.15) is 0 Å². The first-order valence-electron chi connectivity index (χ1n) is 20.1. The van der Waals surface area contributed by atoms with E-state index in [9.17, 15) is 0 Å². The number of fused-ring (bicyclic) bond motifs is 6. The number of benzene rings is 8. The fraction of sp³-hybridized carbons (Fsp3) is 0.0536. The highest BCUT2D eigenvalue weighted by atomic mass is 15.0. The standard InChI is InChI=1S/C56H40N2/c1-56(2)51-35-47(38-17-7-4-8-18-38)46(39-24-26-41(27-25-39)53-21-13-14-32-57-53)34-50(51)49-33-45(37-15-5-3-6-16-37)48(36-52(49)56)40-28-30-42(31-29-40)58-54-22-11-9-19-43(54)44-20-10-12-23-55(44)58/h3-36H,1-2H3. The van der Waals surface area contributed by atoms with Gasteiger partial charge in [-0.2, -0.15) is 0 Å². The molecule has 2 nitrogen and oxygen atoms in total. The molecule has 2 heterocycles. The fourth-order valence-corrected chi connectivity index (χ4v) is 9.36. The number of hydrogen-bond acceptors (Lipinski definition) is 1. The summed E-state index contributed by atoms with van der Waals surface area (Å²) in [6.07, 6.45) is 1.85. The molecule has 8 aromatic carbocycles. The summed E-state index contributed by atoms with van der Waals surface area (Å²) in [4.78, 5) is 4.60. The zero-order chi connectivity index (χ0) is 38.8. The average molecular weight is 741 g/mol. The van der Waals surface area contributed by atoms with E-state index in [1.165, 1.54) is 88.6 Å². The van der Waals surface area contributed by atoms with Crippen molar-refractivity contribution in [3.05, 3.63) is 218 Å². The molecule has 274 valence electrons. The van der Waals surface area contributed by atoms with Crippen molar-refractivity contribution in [1.82, 2.24) is 9.55 Å². The highest BCUT2D eigenvalue weighted by Gasteiger charge is 2.37. The van der Waals surface area contributed by atoms with E-state index in [0.717, 1.165) is 16.9 Å². The normalized spacial score (nSPS) is 12.8. The minimum Gasteiger partial charge on any atom is -0.309 e. The Morgan fingerprint density at radius 3 is 1.28 bits per heavy atom. The van der Waals surface area contributed by atoms with Crippen LogP contribution in [0.15, 0.2) is 206 Å². The molecule has 10 aromatic rings. The van der Waals surface area contributed by atoms with Crippen molar-refractivity contribution in [3.8, 4) is 72.6 Å². The van der Waals surface area contributed by atoms with Crippen LogP contribution in [0.2, 0.25) is 0 Å². The quantitative estimate of drug-likeness (QED) is 0.166. The summed E-state index contributed by atoms with van der Waals surface area (Å²) >= 11 is 0. The first-order chi connectivity index (χ1) is 28.5. The molecule has 0 saturated carbocycles. The third-order valence-electron chi connectivity index (χ3n) is 12.3. The average Bonchev–Trinajstić information content (AvgIpc) is 3.74. The summed E-state index contributed by atoms with van der Waals surface area (Å²) < 4.78 is 2.39. The van der Waals surface area contributed by atoms with Crippen LogP contribution in [0.4, 0.5) is 0 Å². The van der Waals surface area contributed by atoms with E-state index >= 15 is 0 Å². The molecular formula is C56H40N2. The molecule has 0 bridgehead atoms. The Hall–Kier alpha value is -7.29. The fourth-order valence-electron chi connectivity index (χ4n) is 9.36. The van der Waals surface area contributed by atoms with E-state index in [2.05, 4.69) is 211 Å². The van der Waals surface area contributed by atoms with Gasteiger partial charge in [0.2, 0.25) is 0 Å². The summed E-state index contributed by atoms with van der Waals surface area (Å²) in [6.45, 7) is 4.79. The van der Waals surface area contributed by atoms with Gasteiger partial charge in [0.25, 0.3) is 0 Å². The largest absolute Gasteiger partial charge is 0.309 e. The van der Waals surface area contributed by atoms with E-state index in [4.69, 9.17) is 0 Å². The van der Waals surface area contributed by atoms with Gasteiger partial charge in [-0.3, -0.25) is 4.98 Å². The zero-order valence-electron chi connectivity index (χ0n) is 32.5. The summed E-state index contributed by atoms with van der Waals surface area (Å²) in [7, 11) is 0. The number of aromatic nitrogens is 2. The molecule has 0 unspecified atom stereocenters. The highest BCUT2D eigenvalue weighted by molar-refractivity contribution is 6.09. The Morgan fingerprint density at radius 1 is 0.362 bits per heavy atom. The first-order valence-corrected chi connectivity index (χ1v) is 20.1. The number of rotatable bonds is 6. The lowest BCUT2D eigenvalue weighted by Gasteiger charge is -2.24. The number of para-hydroxylation sites is 2. The third-order valence-corrected chi connectivity index (χ3v) is 12.3. The zero-order valence-corrected chi connectivity index (χ0v) is 32.5. The van der Waals surface area contributed by atoms with Crippen molar-refractivity contribution >= 4 is 21.8 Å². The molecule has 0 radical (unpaired) electrons.